The Kier molecular flexibility index (Phi) is 5.43. The standard InChI is InChI=1S/C24H19N3O5/c1-26-20-6-4-3-5-19(20)22(28)21(15-9-13-18(32-2)14-10-15)23(26)25-24(29)16-7-11-17(12-8-16)27(30)31/h3-14H,1-2H3,(H,25,29). The minimum atomic E-state index is -0.531. The van der Waals surface area contributed by atoms with Gasteiger partial charge in [-0.25, -0.2) is 0 Å². The molecule has 4 rings (SSSR count). The van der Waals surface area contributed by atoms with Gasteiger partial charge in [0.25, 0.3) is 11.6 Å². The Balaban J connectivity index is 1.86. The van der Waals surface area contributed by atoms with Gasteiger partial charge in [0.1, 0.15) is 11.6 Å². The molecule has 0 aliphatic heterocycles. The Morgan fingerprint density at radius 3 is 2.28 bits per heavy atom. The van der Waals surface area contributed by atoms with E-state index in [-0.39, 0.29) is 16.7 Å². The monoisotopic (exact) mass is 429 g/mol. The molecule has 0 fully saturated rings. The van der Waals surface area contributed by atoms with E-state index in [0.717, 1.165) is 0 Å². The first-order chi connectivity index (χ1) is 15.4. The number of carbonyl (C=O) groups is 1. The Morgan fingerprint density at radius 2 is 1.66 bits per heavy atom. The molecular formula is C24H19N3O5. The fourth-order valence-corrected chi connectivity index (χ4v) is 3.57. The van der Waals surface area contributed by atoms with Crippen LogP contribution in [0.25, 0.3) is 22.0 Å². The number of anilines is 1. The molecule has 0 aliphatic carbocycles. The van der Waals surface area contributed by atoms with Crippen LogP contribution in [0.4, 0.5) is 11.5 Å². The highest BCUT2D eigenvalue weighted by molar-refractivity contribution is 6.07. The molecule has 8 heteroatoms. The summed E-state index contributed by atoms with van der Waals surface area (Å²) in [6, 6.07) is 19.4. The second-order valence-corrected chi connectivity index (χ2v) is 7.12. The van der Waals surface area contributed by atoms with Gasteiger partial charge >= 0.3 is 0 Å². The molecule has 0 unspecified atom stereocenters. The van der Waals surface area contributed by atoms with Gasteiger partial charge in [-0.2, -0.15) is 0 Å². The van der Waals surface area contributed by atoms with Crippen molar-refractivity contribution in [1.29, 1.82) is 0 Å². The number of nitro groups is 1. The van der Waals surface area contributed by atoms with Gasteiger partial charge in [0, 0.05) is 30.1 Å². The summed E-state index contributed by atoms with van der Waals surface area (Å²) in [5.41, 5.74) is 1.52. The smallest absolute Gasteiger partial charge is 0.269 e. The van der Waals surface area contributed by atoms with E-state index >= 15 is 0 Å². The second kappa shape index (κ2) is 8.35. The van der Waals surface area contributed by atoms with E-state index < -0.39 is 10.8 Å². The van der Waals surface area contributed by atoms with E-state index in [1.165, 1.54) is 24.3 Å². The van der Waals surface area contributed by atoms with Crippen molar-refractivity contribution in [3.63, 3.8) is 0 Å². The molecule has 1 N–H and O–H groups in total. The van der Waals surface area contributed by atoms with Crippen LogP contribution in [-0.4, -0.2) is 22.5 Å². The number of nitrogens with one attached hydrogen (secondary N) is 1. The third kappa shape index (κ3) is 3.69. The number of non-ortho nitro benzene ring substituents is 1. The van der Waals surface area contributed by atoms with Crippen molar-refractivity contribution in [1.82, 2.24) is 4.57 Å². The number of nitro benzene ring substituents is 1. The number of rotatable bonds is 5. The average Bonchev–Trinajstić information content (AvgIpc) is 2.82. The van der Waals surface area contributed by atoms with Crippen LogP contribution in [0.3, 0.4) is 0 Å². The van der Waals surface area contributed by atoms with Crippen molar-refractivity contribution in [2.45, 2.75) is 0 Å². The van der Waals surface area contributed by atoms with E-state index in [2.05, 4.69) is 5.32 Å². The molecule has 1 aromatic heterocycles. The molecule has 32 heavy (non-hydrogen) atoms. The first-order valence-corrected chi connectivity index (χ1v) is 9.72. The molecule has 3 aromatic carbocycles. The summed E-state index contributed by atoms with van der Waals surface area (Å²) < 4.78 is 6.96. The highest BCUT2D eigenvalue weighted by Crippen LogP contribution is 2.30. The summed E-state index contributed by atoms with van der Waals surface area (Å²) in [5.74, 6) is 0.477. The number of amides is 1. The van der Waals surface area contributed by atoms with Gasteiger partial charge in [0.2, 0.25) is 0 Å². The molecule has 160 valence electrons. The lowest BCUT2D eigenvalue weighted by atomic mass is 10.0. The molecule has 0 spiro atoms. The van der Waals surface area contributed by atoms with Crippen molar-refractivity contribution < 1.29 is 14.5 Å². The van der Waals surface area contributed by atoms with E-state index in [4.69, 9.17) is 4.74 Å². The first kappa shape index (κ1) is 20.8. The number of aromatic nitrogens is 1. The number of pyridine rings is 1. The van der Waals surface area contributed by atoms with Crippen molar-refractivity contribution in [3.05, 3.63) is 98.7 Å². The number of hydrogen-bond donors (Lipinski definition) is 1. The Hall–Kier alpha value is -4.46. The molecule has 0 bridgehead atoms. The van der Waals surface area contributed by atoms with Crippen LogP contribution < -0.4 is 15.5 Å². The fraction of sp³-hybridized carbons (Fsp3) is 0.0833. The van der Waals surface area contributed by atoms with Gasteiger partial charge in [-0.15, -0.1) is 0 Å². The number of para-hydroxylation sites is 1. The summed E-state index contributed by atoms with van der Waals surface area (Å²) in [6.07, 6.45) is 0. The maximum atomic E-state index is 13.4. The number of hydrogen-bond acceptors (Lipinski definition) is 5. The lowest BCUT2D eigenvalue weighted by Gasteiger charge is -2.18. The largest absolute Gasteiger partial charge is 0.497 e. The third-order valence-corrected chi connectivity index (χ3v) is 5.26. The highest BCUT2D eigenvalue weighted by Gasteiger charge is 2.20. The zero-order chi connectivity index (χ0) is 22.8. The van der Waals surface area contributed by atoms with Crippen molar-refractivity contribution >= 4 is 28.3 Å². The lowest BCUT2D eigenvalue weighted by Crippen LogP contribution is -2.21. The van der Waals surface area contributed by atoms with Gasteiger partial charge in [-0.3, -0.25) is 19.7 Å². The second-order valence-electron chi connectivity index (χ2n) is 7.12. The summed E-state index contributed by atoms with van der Waals surface area (Å²) in [5, 5.41) is 14.2. The van der Waals surface area contributed by atoms with Crippen LogP contribution in [-0.2, 0) is 7.05 Å². The van der Waals surface area contributed by atoms with E-state index in [1.54, 1.807) is 61.2 Å². The molecule has 1 amide bonds. The summed E-state index contributed by atoms with van der Waals surface area (Å²) in [4.78, 5) is 36.7. The van der Waals surface area contributed by atoms with Crippen molar-refractivity contribution in [2.24, 2.45) is 7.05 Å². The number of ether oxygens (including phenoxy) is 1. The minimum Gasteiger partial charge on any atom is -0.497 e. The maximum absolute atomic E-state index is 13.4. The number of carbonyl (C=O) groups excluding carboxylic acids is 1. The Labute approximate surface area is 182 Å². The van der Waals surface area contributed by atoms with Gasteiger partial charge in [-0.05, 0) is 42.0 Å². The van der Waals surface area contributed by atoms with Crippen LogP contribution in [0, 0.1) is 10.1 Å². The number of nitrogens with zero attached hydrogens (tertiary/aromatic N) is 2. The summed E-state index contributed by atoms with van der Waals surface area (Å²) in [6.45, 7) is 0. The molecule has 4 aromatic rings. The SMILES string of the molecule is COc1ccc(-c2c(NC(=O)c3ccc([N+](=O)[O-])cc3)n(C)c3ccccc3c2=O)cc1. The topological polar surface area (TPSA) is 103 Å². The van der Waals surface area contributed by atoms with Crippen molar-refractivity contribution in [3.8, 4) is 16.9 Å². The molecule has 1 heterocycles. The zero-order valence-electron chi connectivity index (χ0n) is 17.4. The molecule has 0 aliphatic rings. The molecule has 0 atom stereocenters. The quantitative estimate of drug-likeness (QED) is 0.375. The summed E-state index contributed by atoms with van der Waals surface area (Å²) >= 11 is 0. The number of methoxy groups -OCH3 is 1. The fourth-order valence-electron chi connectivity index (χ4n) is 3.57. The Morgan fingerprint density at radius 1 is 1.00 bits per heavy atom. The van der Waals surface area contributed by atoms with Crippen LogP contribution in [0.15, 0.2) is 77.6 Å². The number of aryl methyl sites for hydroxylation is 1. The zero-order valence-corrected chi connectivity index (χ0v) is 17.4. The highest BCUT2D eigenvalue weighted by atomic mass is 16.6. The van der Waals surface area contributed by atoms with Crippen LogP contribution in [0.1, 0.15) is 10.4 Å². The third-order valence-electron chi connectivity index (χ3n) is 5.26. The van der Waals surface area contributed by atoms with Crippen LogP contribution in [0.2, 0.25) is 0 Å². The molecular weight excluding hydrogens is 410 g/mol. The van der Waals surface area contributed by atoms with Crippen molar-refractivity contribution in [2.75, 3.05) is 12.4 Å². The lowest BCUT2D eigenvalue weighted by molar-refractivity contribution is -0.384. The van der Waals surface area contributed by atoms with E-state index in [1.807, 2.05) is 6.07 Å². The number of fused-ring (bicyclic) bond motifs is 1. The Bertz CT molecular complexity index is 1390. The van der Waals surface area contributed by atoms with Crippen LogP contribution >= 0.6 is 0 Å². The molecule has 0 radical (unpaired) electrons. The average molecular weight is 429 g/mol. The van der Waals surface area contributed by atoms with Gasteiger partial charge < -0.3 is 14.6 Å². The number of benzene rings is 3. The van der Waals surface area contributed by atoms with Gasteiger partial charge in [-0.1, -0.05) is 24.3 Å². The first-order valence-electron chi connectivity index (χ1n) is 9.72. The maximum Gasteiger partial charge on any atom is 0.269 e. The molecule has 8 nitrogen and oxygen atoms in total. The van der Waals surface area contributed by atoms with Gasteiger partial charge in [0.05, 0.1) is 23.1 Å². The van der Waals surface area contributed by atoms with E-state index in [9.17, 15) is 19.7 Å². The normalized spacial score (nSPS) is 10.7. The predicted octanol–water partition coefficient (Wildman–Crippen LogP) is 4.37. The molecule has 0 saturated heterocycles. The predicted molar refractivity (Wildman–Crippen MR) is 122 cm³/mol. The van der Waals surface area contributed by atoms with Crippen LogP contribution in [0.5, 0.6) is 5.75 Å². The minimum absolute atomic E-state index is 0.112. The summed E-state index contributed by atoms with van der Waals surface area (Å²) in [7, 11) is 3.32. The molecule has 0 saturated carbocycles. The van der Waals surface area contributed by atoms with Gasteiger partial charge in [0.15, 0.2) is 5.43 Å². The van der Waals surface area contributed by atoms with E-state index in [0.29, 0.717) is 33.6 Å².